The Morgan fingerprint density at radius 1 is 1.19 bits per heavy atom. The van der Waals surface area contributed by atoms with Gasteiger partial charge in [0.15, 0.2) is 5.82 Å². The average Bonchev–Trinajstić information content (AvgIpc) is 3.34. The van der Waals surface area contributed by atoms with Crippen molar-refractivity contribution in [2.45, 2.75) is 18.8 Å². The summed E-state index contributed by atoms with van der Waals surface area (Å²) in [6.45, 7) is 3.72. The van der Waals surface area contributed by atoms with Crippen molar-refractivity contribution in [3.05, 3.63) is 53.9 Å². The molecule has 3 heterocycles. The molecule has 1 aromatic carbocycles. The molecule has 1 saturated heterocycles. The van der Waals surface area contributed by atoms with E-state index >= 15 is 0 Å². The topological polar surface area (TPSA) is 86.0 Å². The summed E-state index contributed by atoms with van der Waals surface area (Å²) >= 11 is 0. The normalized spacial score (nSPS) is 19.6. The molecule has 0 spiro atoms. The Balaban J connectivity index is 1.67. The van der Waals surface area contributed by atoms with E-state index in [1.54, 1.807) is 24.5 Å². The average molecular weight is 355 g/mol. The molecule has 1 N–H and O–H groups in total. The molecule has 0 saturated carbocycles. The maximum Gasteiger partial charge on any atom is 0.261 e. The first-order valence-corrected chi connectivity index (χ1v) is 8.45. The van der Waals surface area contributed by atoms with Gasteiger partial charge in [-0.25, -0.2) is 14.4 Å². The first-order chi connectivity index (χ1) is 12.7. The third kappa shape index (κ3) is 2.92. The summed E-state index contributed by atoms with van der Waals surface area (Å²) in [6, 6.07) is 6.36. The second kappa shape index (κ2) is 6.80. The van der Waals surface area contributed by atoms with Crippen molar-refractivity contribution in [1.82, 2.24) is 20.1 Å². The van der Waals surface area contributed by atoms with Crippen LogP contribution in [-0.4, -0.2) is 39.9 Å². The Bertz CT molecular complexity index is 873. The maximum atomic E-state index is 13.3. The third-order valence-electron chi connectivity index (χ3n) is 4.51. The van der Waals surface area contributed by atoms with Gasteiger partial charge < -0.3 is 14.6 Å². The van der Waals surface area contributed by atoms with Gasteiger partial charge in [0.05, 0.1) is 17.6 Å². The van der Waals surface area contributed by atoms with Gasteiger partial charge in [-0.05, 0) is 31.0 Å². The zero-order chi connectivity index (χ0) is 18.0. The molecular weight excluding hydrogens is 337 g/mol. The van der Waals surface area contributed by atoms with Crippen LogP contribution in [0.1, 0.15) is 24.7 Å². The molecule has 0 bridgehead atoms. The second-order valence-electron chi connectivity index (χ2n) is 6.14. The van der Waals surface area contributed by atoms with Gasteiger partial charge in [0, 0.05) is 25.5 Å². The molecule has 3 aromatic rings. The minimum Gasteiger partial charge on any atom is -0.380 e. The number of halogens is 1. The molecule has 1 fully saturated rings. The predicted octanol–water partition coefficient (Wildman–Crippen LogP) is 2.80. The SMILES string of the molecule is CCNc1ncc(-c2nc([C@]3(c4ccc(F)cc4)CCOC3)no2)cn1. The van der Waals surface area contributed by atoms with Crippen LogP contribution in [0.4, 0.5) is 10.3 Å². The zero-order valence-corrected chi connectivity index (χ0v) is 14.3. The molecule has 7 nitrogen and oxygen atoms in total. The zero-order valence-electron chi connectivity index (χ0n) is 14.3. The Hall–Kier alpha value is -2.87. The maximum absolute atomic E-state index is 13.3. The summed E-state index contributed by atoms with van der Waals surface area (Å²) in [5.74, 6) is 1.13. The smallest absolute Gasteiger partial charge is 0.261 e. The molecule has 8 heteroatoms. The number of anilines is 1. The molecule has 1 aliphatic heterocycles. The first-order valence-electron chi connectivity index (χ1n) is 8.45. The van der Waals surface area contributed by atoms with E-state index in [0.29, 0.717) is 42.9 Å². The lowest BCUT2D eigenvalue weighted by Crippen LogP contribution is -2.29. The second-order valence-corrected chi connectivity index (χ2v) is 6.14. The van der Waals surface area contributed by atoms with Crippen LogP contribution in [0.15, 0.2) is 41.2 Å². The van der Waals surface area contributed by atoms with Gasteiger partial charge in [-0.1, -0.05) is 17.3 Å². The molecule has 1 aliphatic rings. The molecular formula is C18H18FN5O2. The summed E-state index contributed by atoms with van der Waals surface area (Å²) in [5, 5.41) is 7.21. The van der Waals surface area contributed by atoms with Gasteiger partial charge in [-0.2, -0.15) is 4.98 Å². The number of ether oxygens (including phenoxy) is 1. The van der Waals surface area contributed by atoms with Crippen LogP contribution in [-0.2, 0) is 10.2 Å². The lowest BCUT2D eigenvalue weighted by atomic mass is 9.79. The van der Waals surface area contributed by atoms with Crippen LogP contribution in [0, 0.1) is 5.82 Å². The van der Waals surface area contributed by atoms with Crippen molar-refractivity contribution in [2.24, 2.45) is 0 Å². The highest BCUT2D eigenvalue weighted by Crippen LogP contribution is 2.39. The Labute approximate surface area is 149 Å². The third-order valence-corrected chi connectivity index (χ3v) is 4.51. The van der Waals surface area contributed by atoms with E-state index in [-0.39, 0.29) is 5.82 Å². The van der Waals surface area contributed by atoms with Crippen molar-refractivity contribution in [2.75, 3.05) is 25.1 Å². The van der Waals surface area contributed by atoms with Crippen molar-refractivity contribution >= 4 is 5.95 Å². The number of aromatic nitrogens is 4. The molecule has 0 radical (unpaired) electrons. The summed E-state index contributed by atoms with van der Waals surface area (Å²) in [5.41, 5.74) is 1.00. The predicted molar refractivity (Wildman–Crippen MR) is 92.1 cm³/mol. The Morgan fingerprint density at radius 2 is 1.96 bits per heavy atom. The van der Waals surface area contributed by atoms with Crippen molar-refractivity contribution in [1.29, 1.82) is 0 Å². The summed E-state index contributed by atoms with van der Waals surface area (Å²) in [6.07, 6.45) is 3.98. The summed E-state index contributed by atoms with van der Waals surface area (Å²) in [7, 11) is 0. The fraction of sp³-hybridized carbons (Fsp3) is 0.333. The van der Waals surface area contributed by atoms with E-state index in [4.69, 9.17) is 9.26 Å². The lowest BCUT2D eigenvalue weighted by molar-refractivity contribution is 0.182. The van der Waals surface area contributed by atoms with Crippen LogP contribution in [0.2, 0.25) is 0 Å². The number of hydrogen-bond acceptors (Lipinski definition) is 7. The molecule has 134 valence electrons. The van der Waals surface area contributed by atoms with E-state index in [2.05, 4.69) is 25.4 Å². The van der Waals surface area contributed by atoms with Gasteiger partial charge >= 0.3 is 0 Å². The monoisotopic (exact) mass is 355 g/mol. The van der Waals surface area contributed by atoms with E-state index in [9.17, 15) is 4.39 Å². The minimum atomic E-state index is -0.542. The fourth-order valence-electron chi connectivity index (χ4n) is 3.09. The van der Waals surface area contributed by atoms with E-state index in [0.717, 1.165) is 12.1 Å². The highest BCUT2D eigenvalue weighted by atomic mass is 19.1. The standard InChI is InChI=1S/C18H18FN5O2/c1-2-20-17-21-9-12(10-22-17)15-23-16(24-26-15)18(7-8-25-11-18)13-3-5-14(19)6-4-13/h3-6,9-10H,2,7-8,11H2,1H3,(H,20,21,22)/t18-/m1/s1. The highest BCUT2D eigenvalue weighted by Gasteiger charge is 2.43. The lowest BCUT2D eigenvalue weighted by Gasteiger charge is -2.23. The van der Waals surface area contributed by atoms with Gasteiger partial charge in [-0.3, -0.25) is 0 Å². The molecule has 2 aromatic heterocycles. The van der Waals surface area contributed by atoms with Crippen molar-refractivity contribution in [3.63, 3.8) is 0 Å². The Morgan fingerprint density at radius 3 is 2.62 bits per heavy atom. The number of nitrogens with one attached hydrogen (secondary N) is 1. The molecule has 1 atom stereocenters. The van der Waals surface area contributed by atoms with Gasteiger partial charge in [0.2, 0.25) is 5.95 Å². The van der Waals surface area contributed by atoms with Crippen LogP contribution in [0.25, 0.3) is 11.5 Å². The van der Waals surface area contributed by atoms with Crippen molar-refractivity contribution in [3.8, 4) is 11.5 Å². The number of nitrogens with zero attached hydrogens (tertiary/aromatic N) is 4. The van der Waals surface area contributed by atoms with Gasteiger partial charge in [0.1, 0.15) is 5.82 Å². The number of rotatable bonds is 5. The molecule has 4 rings (SSSR count). The van der Waals surface area contributed by atoms with Gasteiger partial charge in [0.25, 0.3) is 5.89 Å². The molecule has 0 amide bonds. The van der Waals surface area contributed by atoms with Crippen LogP contribution in [0.3, 0.4) is 0 Å². The Kier molecular flexibility index (Phi) is 4.34. The molecule has 0 unspecified atom stereocenters. The van der Waals surface area contributed by atoms with Crippen LogP contribution < -0.4 is 5.32 Å². The number of benzene rings is 1. The summed E-state index contributed by atoms with van der Waals surface area (Å²) < 4.78 is 24.4. The van der Waals surface area contributed by atoms with E-state index in [1.807, 2.05) is 6.92 Å². The van der Waals surface area contributed by atoms with E-state index in [1.165, 1.54) is 12.1 Å². The minimum absolute atomic E-state index is 0.283. The quantitative estimate of drug-likeness (QED) is 0.753. The fourth-order valence-corrected chi connectivity index (χ4v) is 3.09. The molecule has 26 heavy (non-hydrogen) atoms. The van der Waals surface area contributed by atoms with E-state index < -0.39 is 5.41 Å². The molecule has 0 aliphatic carbocycles. The van der Waals surface area contributed by atoms with Crippen LogP contribution in [0.5, 0.6) is 0 Å². The largest absolute Gasteiger partial charge is 0.380 e. The van der Waals surface area contributed by atoms with Crippen molar-refractivity contribution < 1.29 is 13.7 Å². The summed E-state index contributed by atoms with van der Waals surface area (Å²) in [4.78, 5) is 13.0. The number of hydrogen-bond donors (Lipinski definition) is 1. The first kappa shape index (κ1) is 16.6. The van der Waals surface area contributed by atoms with Gasteiger partial charge in [-0.15, -0.1) is 0 Å². The highest BCUT2D eigenvalue weighted by molar-refractivity contribution is 5.51. The van der Waals surface area contributed by atoms with Crippen LogP contribution >= 0.6 is 0 Å².